The van der Waals surface area contributed by atoms with Gasteiger partial charge in [-0.05, 0) is 63.8 Å². The number of likely N-dealkylation sites (tertiary alicyclic amines) is 1. The van der Waals surface area contributed by atoms with Gasteiger partial charge >= 0.3 is 6.18 Å². The van der Waals surface area contributed by atoms with E-state index in [4.69, 9.17) is 4.74 Å². The van der Waals surface area contributed by atoms with Crippen LogP contribution in [0.15, 0.2) is 36.5 Å². The van der Waals surface area contributed by atoms with Crippen molar-refractivity contribution in [3.8, 4) is 0 Å². The van der Waals surface area contributed by atoms with Gasteiger partial charge in [0.2, 0.25) is 5.91 Å². The summed E-state index contributed by atoms with van der Waals surface area (Å²) in [6, 6.07) is 6.72. The van der Waals surface area contributed by atoms with Crippen molar-refractivity contribution in [2.45, 2.75) is 69.9 Å². The van der Waals surface area contributed by atoms with Crippen LogP contribution >= 0.6 is 0 Å². The molecule has 2 aliphatic rings. The Morgan fingerprint density at radius 2 is 1.84 bits per heavy atom. The second kappa shape index (κ2) is 11.6. The minimum absolute atomic E-state index is 0.150. The Kier molecular flexibility index (Phi) is 8.53. The molecule has 1 saturated carbocycles. The van der Waals surface area contributed by atoms with Crippen molar-refractivity contribution in [2.75, 3.05) is 26.2 Å². The minimum Gasteiger partial charge on any atom is -0.375 e. The molecule has 202 valence electrons. The van der Waals surface area contributed by atoms with Crippen LogP contribution in [0.5, 0.6) is 0 Å². The van der Waals surface area contributed by atoms with Crippen molar-refractivity contribution in [1.82, 2.24) is 25.3 Å². The zero-order valence-corrected chi connectivity index (χ0v) is 21.1. The topological polar surface area (TPSA) is 88.5 Å². The molecule has 0 spiro atoms. The maximum atomic E-state index is 12.9. The lowest BCUT2D eigenvalue weighted by atomic mass is 9.90. The molecule has 2 amide bonds. The summed E-state index contributed by atoms with van der Waals surface area (Å²) in [7, 11) is 0. The molecule has 1 aliphatic carbocycles. The Morgan fingerprint density at radius 1 is 1.11 bits per heavy atom. The van der Waals surface area contributed by atoms with E-state index in [1.807, 2.05) is 26.1 Å². The fourth-order valence-corrected chi connectivity index (χ4v) is 5.30. The quantitative estimate of drug-likeness (QED) is 0.557. The van der Waals surface area contributed by atoms with Crippen molar-refractivity contribution in [3.05, 3.63) is 53.3 Å². The lowest BCUT2D eigenvalue weighted by molar-refractivity contribution is -0.137. The van der Waals surface area contributed by atoms with E-state index in [1.54, 1.807) is 0 Å². The molecule has 2 heterocycles. The van der Waals surface area contributed by atoms with Crippen LogP contribution in [-0.2, 0) is 15.7 Å². The first kappa shape index (κ1) is 27.1. The third-order valence-corrected chi connectivity index (χ3v) is 7.18. The van der Waals surface area contributed by atoms with E-state index < -0.39 is 23.6 Å². The third kappa shape index (κ3) is 6.89. The first-order chi connectivity index (χ1) is 17.6. The molecule has 0 bridgehead atoms. The number of nitrogens with one attached hydrogen (secondary N) is 2. The fraction of sp³-hybridized carbons (Fsp3) is 0.577. The summed E-state index contributed by atoms with van der Waals surface area (Å²) < 4.78 is 46.7. The molecule has 4 rings (SSSR count). The highest BCUT2D eigenvalue weighted by Gasteiger charge is 2.39. The van der Waals surface area contributed by atoms with Crippen LogP contribution in [0, 0.1) is 6.92 Å². The van der Waals surface area contributed by atoms with Gasteiger partial charge in [-0.3, -0.25) is 19.2 Å². The molecular formula is C26H34F3N5O3. The summed E-state index contributed by atoms with van der Waals surface area (Å²) in [6.07, 6.45) is 1.48. The Bertz CT molecular complexity index is 1080. The van der Waals surface area contributed by atoms with E-state index in [0.717, 1.165) is 43.5 Å². The van der Waals surface area contributed by atoms with E-state index in [2.05, 4.69) is 25.3 Å². The molecule has 2 aromatic rings. The second-order valence-corrected chi connectivity index (χ2v) is 9.78. The highest BCUT2D eigenvalue weighted by Crippen LogP contribution is 2.33. The lowest BCUT2D eigenvalue weighted by Crippen LogP contribution is -2.48. The number of hydrogen-bond acceptors (Lipinski definition) is 5. The number of carbonyl (C=O) groups is 2. The van der Waals surface area contributed by atoms with Crippen LogP contribution in [0.1, 0.15) is 60.3 Å². The van der Waals surface area contributed by atoms with Crippen LogP contribution in [0.3, 0.4) is 0 Å². The largest absolute Gasteiger partial charge is 0.416 e. The van der Waals surface area contributed by atoms with Crippen LogP contribution in [-0.4, -0.2) is 70.9 Å². The van der Waals surface area contributed by atoms with Crippen LogP contribution in [0.25, 0.3) is 0 Å². The van der Waals surface area contributed by atoms with Gasteiger partial charge in [-0.15, -0.1) is 0 Å². The zero-order chi connectivity index (χ0) is 26.6. The van der Waals surface area contributed by atoms with Crippen LogP contribution in [0.2, 0.25) is 0 Å². The molecule has 37 heavy (non-hydrogen) atoms. The van der Waals surface area contributed by atoms with E-state index in [9.17, 15) is 22.8 Å². The highest BCUT2D eigenvalue weighted by molar-refractivity contribution is 5.96. The SMILES string of the molecule is CCO[C@@H]1CN(C2CCC(n3ccc(C)n3)CC2)C[C@@H]1NC(=O)CNC(=O)c1cccc(C(F)(F)F)c1. The number of benzene rings is 1. The Labute approximate surface area is 214 Å². The number of alkyl halides is 3. The average molecular weight is 522 g/mol. The Morgan fingerprint density at radius 3 is 2.49 bits per heavy atom. The number of aromatic nitrogens is 2. The summed E-state index contributed by atoms with van der Waals surface area (Å²) in [5.41, 5.74) is -0.0440. The number of ether oxygens (including phenoxy) is 1. The van der Waals surface area contributed by atoms with Gasteiger partial charge < -0.3 is 15.4 Å². The predicted molar refractivity (Wildman–Crippen MR) is 131 cm³/mol. The normalized spacial score (nSPS) is 24.7. The number of hydrogen-bond donors (Lipinski definition) is 2. The smallest absolute Gasteiger partial charge is 0.375 e. The summed E-state index contributed by atoms with van der Waals surface area (Å²) in [6.45, 7) is 5.45. The maximum Gasteiger partial charge on any atom is 0.416 e. The third-order valence-electron chi connectivity index (χ3n) is 7.18. The van der Waals surface area contributed by atoms with Gasteiger partial charge in [-0.1, -0.05) is 6.07 Å². The van der Waals surface area contributed by atoms with Crippen molar-refractivity contribution < 1.29 is 27.5 Å². The summed E-state index contributed by atoms with van der Waals surface area (Å²) in [5, 5.41) is 9.92. The maximum absolute atomic E-state index is 12.9. The molecule has 0 radical (unpaired) electrons. The fourth-order valence-electron chi connectivity index (χ4n) is 5.30. The van der Waals surface area contributed by atoms with E-state index >= 15 is 0 Å². The van der Waals surface area contributed by atoms with Gasteiger partial charge in [0, 0.05) is 37.5 Å². The number of halogens is 3. The molecule has 8 nitrogen and oxygen atoms in total. The van der Waals surface area contributed by atoms with E-state index in [0.29, 0.717) is 31.8 Å². The van der Waals surface area contributed by atoms with E-state index in [-0.39, 0.29) is 24.3 Å². The molecule has 1 aliphatic heterocycles. The van der Waals surface area contributed by atoms with E-state index in [1.165, 1.54) is 12.1 Å². The van der Waals surface area contributed by atoms with Crippen molar-refractivity contribution in [1.29, 1.82) is 0 Å². The minimum atomic E-state index is -4.55. The second-order valence-electron chi connectivity index (χ2n) is 9.78. The highest BCUT2D eigenvalue weighted by atomic mass is 19.4. The number of carbonyl (C=O) groups excluding carboxylic acids is 2. The van der Waals surface area contributed by atoms with Gasteiger partial charge in [0.05, 0.1) is 36.0 Å². The molecule has 1 aromatic heterocycles. The first-order valence-corrected chi connectivity index (χ1v) is 12.8. The van der Waals surface area contributed by atoms with Gasteiger partial charge in [-0.2, -0.15) is 18.3 Å². The molecule has 0 unspecified atom stereocenters. The predicted octanol–water partition coefficient (Wildman–Crippen LogP) is 3.33. The Balaban J connectivity index is 1.28. The number of nitrogens with zero attached hydrogens (tertiary/aromatic N) is 3. The number of amides is 2. The molecule has 1 saturated heterocycles. The van der Waals surface area contributed by atoms with Gasteiger partial charge in [0.25, 0.3) is 5.91 Å². The summed E-state index contributed by atoms with van der Waals surface area (Å²) in [5.74, 6) is -1.14. The average Bonchev–Trinajstić information content (AvgIpc) is 3.48. The van der Waals surface area contributed by atoms with Crippen LogP contribution in [0.4, 0.5) is 13.2 Å². The molecule has 1 aromatic carbocycles. The standard InChI is InChI=1S/C26H34F3N5O3/c1-3-37-23-16-33(20-7-9-21(10-8-20)34-12-11-17(2)32-34)15-22(23)31-24(35)14-30-25(36)18-5-4-6-19(13-18)26(27,28)29/h4-6,11-13,20-23H,3,7-10,14-16H2,1-2H3,(H,30,36)(H,31,35)/t20?,21?,22-,23+/m0/s1. The van der Waals surface area contributed by atoms with Gasteiger partial charge in [-0.25, -0.2) is 0 Å². The number of aryl methyl sites for hydroxylation is 1. The monoisotopic (exact) mass is 521 g/mol. The molecular weight excluding hydrogens is 487 g/mol. The number of rotatable bonds is 8. The summed E-state index contributed by atoms with van der Waals surface area (Å²) in [4.78, 5) is 27.3. The molecule has 11 heteroatoms. The van der Waals surface area contributed by atoms with Crippen molar-refractivity contribution in [3.63, 3.8) is 0 Å². The van der Waals surface area contributed by atoms with Gasteiger partial charge in [0.1, 0.15) is 0 Å². The first-order valence-electron chi connectivity index (χ1n) is 12.8. The zero-order valence-electron chi connectivity index (χ0n) is 21.1. The summed E-state index contributed by atoms with van der Waals surface area (Å²) >= 11 is 0. The van der Waals surface area contributed by atoms with Crippen LogP contribution < -0.4 is 10.6 Å². The van der Waals surface area contributed by atoms with Gasteiger partial charge in [0.15, 0.2) is 0 Å². The van der Waals surface area contributed by atoms with Crippen molar-refractivity contribution >= 4 is 11.8 Å². The molecule has 2 fully saturated rings. The lowest BCUT2D eigenvalue weighted by Gasteiger charge is -2.34. The molecule has 2 N–H and O–H groups in total. The Hall–Kier alpha value is -2.92. The molecule has 2 atom stereocenters. The van der Waals surface area contributed by atoms with Crippen molar-refractivity contribution in [2.24, 2.45) is 0 Å².